The van der Waals surface area contributed by atoms with Gasteiger partial charge >= 0.3 is 0 Å². The van der Waals surface area contributed by atoms with Crippen LogP contribution in [0.4, 0.5) is 4.39 Å². The lowest BCUT2D eigenvalue weighted by Gasteiger charge is -2.10. The van der Waals surface area contributed by atoms with E-state index in [1.807, 2.05) is 6.92 Å². The number of benzene rings is 1. The molecule has 0 bridgehead atoms. The van der Waals surface area contributed by atoms with Crippen LogP contribution in [0, 0.1) is 5.82 Å². The first-order chi connectivity index (χ1) is 6.66. The number of nitrogens with two attached hydrogens (primary N) is 1. The fourth-order valence-corrected chi connectivity index (χ4v) is 2.42. The molecule has 1 rings (SSSR count). The Morgan fingerprint density at radius 1 is 1.50 bits per heavy atom. The Labute approximate surface area is 85.8 Å². The van der Waals surface area contributed by atoms with Gasteiger partial charge in [-0.2, -0.15) is 0 Å². The first-order valence-corrected chi connectivity index (χ1v) is 5.73. The van der Waals surface area contributed by atoms with Crippen molar-refractivity contribution in [3.05, 3.63) is 30.1 Å². The Morgan fingerprint density at radius 2 is 2.14 bits per heavy atom. The van der Waals surface area contributed by atoms with E-state index in [0.717, 1.165) is 0 Å². The van der Waals surface area contributed by atoms with Crippen molar-refractivity contribution in [1.29, 1.82) is 0 Å². The van der Waals surface area contributed by atoms with Crippen molar-refractivity contribution in [1.82, 2.24) is 0 Å². The van der Waals surface area contributed by atoms with Crippen LogP contribution in [0.2, 0.25) is 0 Å². The standard InChI is InChI=1S/C10H14FNOS/c1-8(6-7-12)14(13)10-5-3-2-4-9(10)11/h2-5,8H,6-7,12H2,1H3. The van der Waals surface area contributed by atoms with Gasteiger partial charge in [0.25, 0.3) is 0 Å². The van der Waals surface area contributed by atoms with Crippen molar-refractivity contribution in [2.24, 2.45) is 5.73 Å². The molecular formula is C10H14FNOS. The Hall–Kier alpha value is -0.740. The maximum absolute atomic E-state index is 13.2. The normalized spacial score (nSPS) is 15.1. The highest BCUT2D eigenvalue weighted by Gasteiger charge is 2.15. The minimum absolute atomic E-state index is 0.100. The van der Waals surface area contributed by atoms with E-state index in [-0.39, 0.29) is 10.1 Å². The smallest absolute Gasteiger partial charge is 0.139 e. The molecule has 2 N–H and O–H groups in total. The molecule has 0 amide bonds. The predicted octanol–water partition coefficient (Wildman–Crippen LogP) is 1.67. The summed E-state index contributed by atoms with van der Waals surface area (Å²) in [6.45, 7) is 2.29. The van der Waals surface area contributed by atoms with Crippen LogP contribution in [-0.2, 0) is 10.8 Å². The number of halogens is 1. The van der Waals surface area contributed by atoms with Crippen molar-refractivity contribution in [3.63, 3.8) is 0 Å². The molecule has 1 aromatic rings. The minimum Gasteiger partial charge on any atom is -0.330 e. The molecule has 0 aliphatic carbocycles. The molecule has 0 aliphatic rings. The molecule has 2 nitrogen and oxygen atoms in total. The van der Waals surface area contributed by atoms with E-state index < -0.39 is 16.6 Å². The second-order valence-electron chi connectivity index (χ2n) is 3.12. The molecule has 0 aromatic heterocycles. The lowest BCUT2D eigenvalue weighted by atomic mass is 10.3. The lowest BCUT2D eigenvalue weighted by molar-refractivity contribution is 0.592. The van der Waals surface area contributed by atoms with Gasteiger partial charge in [0, 0.05) is 5.25 Å². The molecule has 2 atom stereocenters. The van der Waals surface area contributed by atoms with E-state index in [4.69, 9.17) is 5.73 Å². The quantitative estimate of drug-likeness (QED) is 0.830. The van der Waals surface area contributed by atoms with E-state index in [1.165, 1.54) is 6.07 Å². The highest BCUT2D eigenvalue weighted by atomic mass is 32.2. The summed E-state index contributed by atoms with van der Waals surface area (Å²) in [5, 5.41) is -0.100. The molecule has 0 fully saturated rings. The number of rotatable bonds is 4. The van der Waals surface area contributed by atoms with Crippen LogP contribution in [0.5, 0.6) is 0 Å². The van der Waals surface area contributed by atoms with Crippen molar-refractivity contribution < 1.29 is 8.60 Å². The van der Waals surface area contributed by atoms with Crippen LogP contribution in [0.3, 0.4) is 0 Å². The summed E-state index contributed by atoms with van der Waals surface area (Å²) in [6.07, 6.45) is 0.640. The van der Waals surface area contributed by atoms with Gasteiger partial charge in [-0.15, -0.1) is 0 Å². The van der Waals surface area contributed by atoms with Crippen LogP contribution in [-0.4, -0.2) is 16.0 Å². The molecule has 0 saturated heterocycles. The molecule has 14 heavy (non-hydrogen) atoms. The van der Waals surface area contributed by atoms with Gasteiger partial charge in [-0.25, -0.2) is 4.39 Å². The zero-order valence-corrected chi connectivity index (χ0v) is 8.89. The second kappa shape index (κ2) is 5.22. The largest absolute Gasteiger partial charge is 0.330 e. The van der Waals surface area contributed by atoms with Crippen LogP contribution in [0.15, 0.2) is 29.2 Å². The van der Waals surface area contributed by atoms with Gasteiger partial charge in [0.05, 0.1) is 15.7 Å². The van der Waals surface area contributed by atoms with Crippen LogP contribution >= 0.6 is 0 Å². The first-order valence-electron chi connectivity index (χ1n) is 4.52. The van der Waals surface area contributed by atoms with E-state index >= 15 is 0 Å². The van der Waals surface area contributed by atoms with Gasteiger partial charge in [-0.3, -0.25) is 4.21 Å². The summed E-state index contributed by atoms with van der Waals surface area (Å²) in [7, 11) is -1.29. The molecule has 4 heteroatoms. The SMILES string of the molecule is CC(CCN)S(=O)c1ccccc1F. The zero-order chi connectivity index (χ0) is 10.6. The number of hydrogen-bond donors (Lipinski definition) is 1. The van der Waals surface area contributed by atoms with Crippen LogP contribution < -0.4 is 5.73 Å². The molecule has 1 aromatic carbocycles. The molecule has 2 unspecified atom stereocenters. The third kappa shape index (κ3) is 2.62. The van der Waals surface area contributed by atoms with Crippen molar-refractivity contribution in [2.75, 3.05) is 6.54 Å². The molecule has 0 heterocycles. The fraction of sp³-hybridized carbons (Fsp3) is 0.400. The highest BCUT2D eigenvalue weighted by Crippen LogP contribution is 2.16. The van der Waals surface area contributed by atoms with Gasteiger partial charge in [0.2, 0.25) is 0 Å². The highest BCUT2D eigenvalue weighted by molar-refractivity contribution is 7.85. The zero-order valence-electron chi connectivity index (χ0n) is 8.07. The molecule has 0 aliphatic heterocycles. The molecular weight excluding hydrogens is 201 g/mol. The third-order valence-electron chi connectivity index (χ3n) is 1.99. The maximum Gasteiger partial charge on any atom is 0.139 e. The van der Waals surface area contributed by atoms with Gasteiger partial charge in [-0.05, 0) is 25.1 Å². The van der Waals surface area contributed by atoms with Crippen molar-refractivity contribution in [3.8, 4) is 0 Å². The average molecular weight is 215 g/mol. The Morgan fingerprint density at radius 3 is 2.71 bits per heavy atom. The summed E-state index contributed by atoms with van der Waals surface area (Å²) >= 11 is 0. The molecule has 0 saturated carbocycles. The van der Waals surface area contributed by atoms with E-state index in [9.17, 15) is 8.60 Å². The van der Waals surface area contributed by atoms with E-state index in [0.29, 0.717) is 13.0 Å². The average Bonchev–Trinajstić information content (AvgIpc) is 2.18. The van der Waals surface area contributed by atoms with Gasteiger partial charge in [-0.1, -0.05) is 19.1 Å². The van der Waals surface area contributed by atoms with Crippen molar-refractivity contribution in [2.45, 2.75) is 23.5 Å². The van der Waals surface area contributed by atoms with E-state index in [1.54, 1.807) is 18.2 Å². The fourth-order valence-electron chi connectivity index (χ4n) is 1.17. The summed E-state index contributed by atoms with van der Waals surface area (Å²) in [6, 6.07) is 6.15. The topological polar surface area (TPSA) is 43.1 Å². The first kappa shape index (κ1) is 11.3. The van der Waals surface area contributed by atoms with E-state index in [2.05, 4.69) is 0 Å². The monoisotopic (exact) mass is 215 g/mol. The van der Waals surface area contributed by atoms with Crippen LogP contribution in [0.25, 0.3) is 0 Å². The van der Waals surface area contributed by atoms with Crippen LogP contribution in [0.1, 0.15) is 13.3 Å². The lowest BCUT2D eigenvalue weighted by Crippen LogP contribution is -2.16. The van der Waals surface area contributed by atoms with Gasteiger partial charge < -0.3 is 5.73 Å². The maximum atomic E-state index is 13.2. The summed E-state index contributed by atoms with van der Waals surface area (Å²) in [5.41, 5.74) is 5.36. The predicted molar refractivity (Wildman–Crippen MR) is 55.9 cm³/mol. The van der Waals surface area contributed by atoms with Gasteiger partial charge in [0.1, 0.15) is 5.82 Å². The molecule has 0 spiro atoms. The Balaban J connectivity index is 2.84. The minimum atomic E-state index is -1.29. The second-order valence-corrected chi connectivity index (χ2v) is 4.96. The Bertz CT molecular complexity index is 330. The van der Waals surface area contributed by atoms with Gasteiger partial charge in [0.15, 0.2) is 0 Å². The summed E-state index contributed by atoms with van der Waals surface area (Å²) in [5.74, 6) is -0.408. The summed E-state index contributed by atoms with van der Waals surface area (Å²) in [4.78, 5) is 0.272. The molecule has 78 valence electrons. The summed E-state index contributed by atoms with van der Waals surface area (Å²) < 4.78 is 25.0. The number of hydrogen-bond acceptors (Lipinski definition) is 2. The molecule has 0 radical (unpaired) electrons. The Kier molecular flexibility index (Phi) is 4.22. The van der Waals surface area contributed by atoms with Crippen molar-refractivity contribution >= 4 is 10.8 Å². The third-order valence-corrected chi connectivity index (χ3v) is 3.72.